The van der Waals surface area contributed by atoms with Crippen molar-refractivity contribution < 1.29 is 23.5 Å². The van der Waals surface area contributed by atoms with Gasteiger partial charge in [0.1, 0.15) is 0 Å². The number of nitrogens with zero attached hydrogens (tertiary/aromatic N) is 2. The van der Waals surface area contributed by atoms with Crippen LogP contribution in [0.2, 0.25) is 0 Å². The van der Waals surface area contributed by atoms with Gasteiger partial charge in [0.25, 0.3) is 5.89 Å². The van der Waals surface area contributed by atoms with Gasteiger partial charge in [0, 0.05) is 24.1 Å². The highest BCUT2D eigenvalue weighted by atomic mass is 16.7. The first-order valence-corrected chi connectivity index (χ1v) is 9.61. The van der Waals surface area contributed by atoms with Crippen LogP contribution in [0.15, 0.2) is 22.7 Å². The summed E-state index contributed by atoms with van der Waals surface area (Å²) in [7, 11) is 0. The molecule has 9 heteroatoms. The van der Waals surface area contributed by atoms with Crippen molar-refractivity contribution in [2.45, 2.75) is 38.0 Å². The molecule has 5 rings (SSSR count). The highest BCUT2D eigenvalue weighted by Gasteiger charge is 2.35. The fourth-order valence-corrected chi connectivity index (χ4v) is 4.03. The van der Waals surface area contributed by atoms with Crippen LogP contribution >= 0.6 is 0 Å². The van der Waals surface area contributed by atoms with Crippen molar-refractivity contribution in [1.29, 1.82) is 0 Å². The van der Waals surface area contributed by atoms with Crippen molar-refractivity contribution in [3.63, 3.8) is 0 Å². The second kappa shape index (κ2) is 7.40. The summed E-state index contributed by atoms with van der Waals surface area (Å²) < 4.78 is 21.8. The molecule has 1 amide bonds. The number of hydrogen-bond donors (Lipinski definition) is 2. The van der Waals surface area contributed by atoms with E-state index in [2.05, 4.69) is 20.8 Å². The normalized spacial score (nSPS) is 25.9. The predicted molar refractivity (Wildman–Crippen MR) is 96.6 cm³/mol. The Morgan fingerprint density at radius 1 is 1.25 bits per heavy atom. The van der Waals surface area contributed by atoms with Crippen molar-refractivity contribution in [1.82, 2.24) is 20.8 Å². The SMILES string of the molecule is O=C(NCc1noc(-c2ccc3c(c2)OCO3)n1)[C@H]1CC[C@H]2OCCN[C@@H]2C1. The van der Waals surface area contributed by atoms with E-state index in [9.17, 15) is 4.79 Å². The number of hydrogen-bond acceptors (Lipinski definition) is 8. The Labute approximate surface area is 161 Å². The van der Waals surface area contributed by atoms with Crippen molar-refractivity contribution in [3.05, 3.63) is 24.0 Å². The summed E-state index contributed by atoms with van der Waals surface area (Å²) in [5, 5.41) is 10.4. The lowest BCUT2D eigenvalue weighted by Crippen LogP contribution is -2.53. The van der Waals surface area contributed by atoms with Gasteiger partial charge in [0.15, 0.2) is 17.3 Å². The van der Waals surface area contributed by atoms with Gasteiger partial charge in [-0.3, -0.25) is 4.79 Å². The van der Waals surface area contributed by atoms with Gasteiger partial charge in [-0.15, -0.1) is 0 Å². The van der Waals surface area contributed by atoms with Crippen LogP contribution in [0.25, 0.3) is 11.5 Å². The van der Waals surface area contributed by atoms with Gasteiger partial charge in [-0.25, -0.2) is 0 Å². The molecule has 1 saturated carbocycles. The quantitative estimate of drug-likeness (QED) is 0.808. The molecule has 9 nitrogen and oxygen atoms in total. The molecule has 3 atom stereocenters. The van der Waals surface area contributed by atoms with Gasteiger partial charge in [-0.2, -0.15) is 4.98 Å². The number of rotatable bonds is 4. The zero-order valence-corrected chi connectivity index (χ0v) is 15.3. The molecular weight excluding hydrogens is 364 g/mol. The predicted octanol–water partition coefficient (Wildman–Crippen LogP) is 1.24. The highest BCUT2D eigenvalue weighted by Crippen LogP contribution is 2.35. The lowest BCUT2D eigenvalue weighted by molar-refractivity contribution is -0.128. The molecule has 2 fully saturated rings. The van der Waals surface area contributed by atoms with Crippen molar-refractivity contribution in [2.24, 2.45) is 5.92 Å². The Balaban J connectivity index is 1.18. The molecule has 28 heavy (non-hydrogen) atoms. The fourth-order valence-electron chi connectivity index (χ4n) is 4.03. The van der Waals surface area contributed by atoms with Crippen LogP contribution in [0.4, 0.5) is 0 Å². The van der Waals surface area contributed by atoms with E-state index in [4.69, 9.17) is 18.7 Å². The van der Waals surface area contributed by atoms with E-state index < -0.39 is 0 Å². The van der Waals surface area contributed by atoms with Crippen molar-refractivity contribution in [2.75, 3.05) is 19.9 Å². The van der Waals surface area contributed by atoms with E-state index >= 15 is 0 Å². The second-order valence-corrected chi connectivity index (χ2v) is 7.28. The van der Waals surface area contributed by atoms with Gasteiger partial charge in [-0.1, -0.05) is 5.16 Å². The lowest BCUT2D eigenvalue weighted by atomic mass is 9.82. The molecule has 1 aromatic carbocycles. The van der Waals surface area contributed by atoms with Crippen LogP contribution in [-0.4, -0.2) is 48.1 Å². The van der Waals surface area contributed by atoms with Crippen molar-refractivity contribution in [3.8, 4) is 23.0 Å². The number of amides is 1. The summed E-state index contributed by atoms with van der Waals surface area (Å²) >= 11 is 0. The molecule has 0 spiro atoms. The maximum atomic E-state index is 12.6. The molecule has 0 radical (unpaired) electrons. The number of ether oxygens (including phenoxy) is 3. The number of nitrogens with one attached hydrogen (secondary N) is 2. The van der Waals surface area contributed by atoms with Gasteiger partial charge in [-0.05, 0) is 37.5 Å². The Hall–Kier alpha value is -2.65. The highest BCUT2D eigenvalue weighted by molar-refractivity contribution is 5.78. The molecule has 2 aromatic rings. The number of aromatic nitrogens is 2. The third-order valence-electron chi connectivity index (χ3n) is 5.51. The van der Waals surface area contributed by atoms with Crippen LogP contribution in [-0.2, 0) is 16.1 Å². The molecule has 1 aliphatic carbocycles. The number of benzene rings is 1. The Morgan fingerprint density at radius 2 is 2.18 bits per heavy atom. The van der Waals surface area contributed by atoms with E-state index in [0.717, 1.165) is 38.0 Å². The Bertz CT molecular complexity index is 870. The maximum Gasteiger partial charge on any atom is 0.258 e. The smallest absolute Gasteiger partial charge is 0.258 e. The number of carbonyl (C=O) groups is 1. The molecule has 0 bridgehead atoms. The summed E-state index contributed by atoms with van der Waals surface area (Å²) in [5.74, 6) is 2.18. The number of fused-ring (bicyclic) bond motifs is 2. The first-order valence-electron chi connectivity index (χ1n) is 9.61. The van der Waals surface area contributed by atoms with Crippen molar-refractivity contribution >= 4 is 5.91 Å². The molecule has 0 unspecified atom stereocenters. The molecule has 2 aliphatic heterocycles. The third-order valence-corrected chi connectivity index (χ3v) is 5.51. The van der Waals surface area contributed by atoms with Crippen LogP contribution in [0.1, 0.15) is 25.1 Å². The molecule has 2 N–H and O–H groups in total. The van der Waals surface area contributed by atoms with E-state index in [1.54, 1.807) is 6.07 Å². The average molecular weight is 386 g/mol. The minimum absolute atomic E-state index is 0.0179. The summed E-state index contributed by atoms with van der Waals surface area (Å²) in [5.41, 5.74) is 0.746. The van der Waals surface area contributed by atoms with Gasteiger partial charge in [0.2, 0.25) is 12.7 Å². The first-order chi connectivity index (χ1) is 13.8. The Kier molecular flexibility index (Phi) is 4.61. The minimum Gasteiger partial charge on any atom is -0.454 e. The average Bonchev–Trinajstić information content (AvgIpc) is 3.40. The van der Waals surface area contributed by atoms with Crippen LogP contribution in [0, 0.1) is 5.92 Å². The number of morpholine rings is 1. The minimum atomic E-state index is -0.0179. The molecular formula is C19H22N4O5. The van der Waals surface area contributed by atoms with Gasteiger partial charge in [0.05, 0.1) is 19.3 Å². The monoisotopic (exact) mass is 386 g/mol. The summed E-state index contributed by atoms with van der Waals surface area (Å²) in [6.45, 7) is 2.05. The number of carbonyl (C=O) groups excluding carboxylic acids is 1. The van der Waals surface area contributed by atoms with Crippen LogP contribution in [0.3, 0.4) is 0 Å². The summed E-state index contributed by atoms with van der Waals surface area (Å²) in [4.78, 5) is 16.9. The molecule has 148 valence electrons. The Morgan fingerprint density at radius 3 is 3.14 bits per heavy atom. The largest absolute Gasteiger partial charge is 0.454 e. The standard InChI is InChI=1S/C19H22N4O5/c24-18(11-1-3-14-13(7-11)20-5-6-25-14)21-9-17-22-19(28-23-17)12-2-4-15-16(8-12)27-10-26-15/h2,4,8,11,13-14,20H,1,3,5-7,9-10H2,(H,21,24)/t11-,13+,14+/m0/s1. The summed E-state index contributed by atoms with van der Waals surface area (Å²) in [6.07, 6.45) is 2.78. The zero-order valence-electron chi connectivity index (χ0n) is 15.3. The van der Waals surface area contributed by atoms with E-state index in [-0.39, 0.29) is 37.3 Å². The maximum absolute atomic E-state index is 12.6. The molecule has 3 aliphatic rings. The molecule has 3 heterocycles. The van der Waals surface area contributed by atoms with Crippen LogP contribution < -0.4 is 20.1 Å². The third kappa shape index (κ3) is 3.43. The van der Waals surface area contributed by atoms with Gasteiger partial charge < -0.3 is 29.4 Å². The lowest BCUT2D eigenvalue weighted by Gasteiger charge is -2.39. The zero-order chi connectivity index (χ0) is 18.9. The van der Waals surface area contributed by atoms with E-state index in [0.29, 0.717) is 23.2 Å². The van der Waals surface area contributed by atoms with Crippen LogP contribution in [0.5, 0.6) is 11.5 Å². The van der Waals surface area contributed by atoms with E-state index in [1.807, 2.05) is 12.1 Å². The topological polar surface area (TPSA) is 108 Å². The summed E-state index contributed by atoms with van der Waals surface area (Å²) in [6, 6.07) is 5.71. The van der Waals surface area contributed by atoms with Gasteiger partial charge >= 0.3 is 0 Å². The first kappa shape index (κ1) is 17.4. The molecule has 1 aromatic heterocycles. The molecule has 1 saturated heterocycles. The second-order valence-electron chi connectivity index (χ2n) is 7.28. The van der Waals surface area contributed by atoms with E-state index in [1.165, 1.54) is 0 Å². The fraction of sp³-hybridized carbons (Fsp3) is 0.526.